The van der Waals surface area contributed by atoms with Crippen LogP contribution in [0.25, 0.3) is 0 Å². The van der Waals surface area contributed by atoms with Crippen LogP contribution in [0.5, 0.6) is 0 Å². The lowest BCUT2D eigenvalue weighted by Gasteiger charge is -2.09. The molecule has 6 heteroatoms. The van der Waals surface area contributed by atoms with Crippen molar-refractivity contribution in [2.75, 3.05) is 10.6 Å². The molecule has 0 fully saturated rings. The number of carbonyl (C=O) groups excluding carboxylic acids is 1. The second-order valence-electron chi connectivity index (χ2n) is 4.27. The Morgan fingerprint density at radius 2 is 2.26 bits per heavy atom. The van der Waals surface area contributed by atoms with Crippen molar-refractivity contribution in [3.8, 4) is 0 Å². The Morgan fingerprint density at radius 1 is 1.42 bits per heavy atom. The molecule has 1 aliphatic rings. The fourth-order valence-electron chi connectivity index (χ4n) is 2.01. The van der Waals surface area contributed by atoms with E-state index in [0.717, 1.165) is 27.3 Å². The first kappa shape index (κ1) is 13.0. The number of thiophene rings is 1. The van der Waals surface area contributed by atoms with Gasteiger partial charge in [0.05, 0.1) is 20.9 Å². The summed E-state index contributed by atoms with van der Waals surface area (Å²) in [5.74, 6) is 0.0189. The van der Waals surface area contributed by atoms with Crippen LogP contribution in [0.3, 0.4) is 0 Å². The molecule has 0 bridgehead atoms. The Morgan fingerprint density at radius 3 is 3.00 bits per heavy atom. The van der Waals surface area contributed by atoms with Crippen molar-refractivity contribution in [2.24, 2.45) is 0 Å². The molecule has 3 rings (SSSR count). The van der Waals surface area contributed by atoms with E-state index in [-0.39, 0.29) is 5.91 Å². The molecule has 0 saturated heterocycles. The maximum Gasteiger partial charge on any atom is 0.228 e. The van der Waals surface area contributed by atoms with Gasteiger partial charge in [0.2, 0.25) is 5.91 Å². The van der Waals surface area contributed by atoms with Crippen molar-refractivity contribution in [2.45, 2.75) is 13.0 Å². The summed E-state index contributed by atoms with van der Waals surface area (Å²) in [5, 5.41) is 6.71. The maximum atomic E-state index is 11.3. The highest BCUT2D eigenvalue weighted by Gasteiger charge is 2.19. The van der Waals surface area contributed by atoms with E-state index in [1.807, 2.05) is 12.1 Å². The summed E-state index contributed by atoms with van der Waals surface area (Å²) in [5.41, 5.74) is 2.67. The van der Waals surface area contributed by atoms with Gasteiger partial charge < -0.3 is 10.6 Å². The predicted molar refractivity (Wildman–Crippen MR) is 83.1 cm³/mol. The monoisotopic (exact) mass is 356 g/mol. The zero-order valence-corrected chi connectivity index (χ0v) is 13.0. The van der Waals surface area contributed by atoms with Crippen LogP contribution in [-0.4, -0.2) is 5.91 Å². The molecular weight excluding hydrogens is 348 g/mol. The van der Waals surface area contributed by atoms with Crippen molar-refractivity contribution in [3.63, 3.8) is 0 Å². The molecule has 0 aliphatic carbocycles. The standard InChI is InChI=1S/C13H10BrClN2OS/c14-12-2-1-8(19-12)6-16-11-3-7-4-13(18)17-10(7)5-9(11)15/h1-3,5,16H,4,6H2,(H,17,18). The molecule has 1 aromatic heterocycles. The first-order chi connectivity index (χ1) is 9.11. The fourth-order valence-corrected chi connectivity index (χ4v) is 3.67. The Balaban J connectivity index is 1.78. The van der Waals surface area contributed by atoms with E-state index in [1.165, 1.54) is 4.88 Å². The molecule has 1 aromatic carbocycles. The third-order valence-electron chi connectivity index (χ3n) is 2.90. The molecule has 0 saturated carbocycles. The van der Waals surface area contributed by atoms with Crippen LogP contribution in [-0.2, 0) is 17.8 Å². The number of fused-ring (bicyclic) bond motifs is 1. The summed E-state index contributed by atoms with van der Waals surface area (Å²) >= 11 is 11.3. The van der Waals surface area contributed by atoms with E-state index < -0.39 is 0 Å². The predicted octanol–water partition coefficient (Wildman–Crippen LogP) is 4.27. The van der Waals surface area contributed by atoms with Crippen molar-refractivity contribution in [3.05, 3.63) is 43.5 Å². The van der Waals surface area contributed by atoms with Crippen molar-refractivity contribution >= 4 is 56.1 Å². The molecule has 1 amide bonds. The minimum absolute atomic E-state index is 0.0189. The van der Waals surface area contributed by atoms with Crippen LogP contribution in [0.15, 0.2) is 28.1 Å². The van der Waals surface area contributed by atoms with E-state index in [4.69, 9.17) is 11.6 Å². The second-order valence-corrected chi connectivity index (χ2v) is 7.23. The van der Waals surface area contributed by atoms with Crippen LogP contribution in [0.1, 0.15) is 10.4 Å². The number of hydrogen-bond donors (Lipinski definition) is 2. The zero-order valence-electron chi connectivity index (χ0n) is 9.80. The average molecular weight is 358 g/mol. The van der Waals surface area contributed by atoms with E-state index >= 15 is 0 Å². The molecule has 0 spiro atoms. The fraction of sp³-hybridized carbons (Fsp3) is 0.154. The third kappa shape index (κ3) is 2.78. The normalized spacial score (nSPS) is 13.3. The highest BCUT2D eigenvalue weighted by molar-refractivity contribution is 9.11. The summed E-state index contributed by atoms with van der Waals surface area (Å²) in [6.45, 7) is 0.718. The Labute approximate surface area is 128 Å². The molecule has 98 valence electrons. The number of rotatable bonds is 3. The maximum absolute atomic E-state index is 11.3. The van der Waals surface area contributed by atoms with Crippen LogP contribution < -0.4 is 10.6 Å². The lowest BCUT2D eigenvalue weighted by molar-refractivity contribution is -0.115. The quantitative estimate of drug-likeness (QED) is 0.861. The van der Waals surface area contributed by atoms with E-state index in [0.29, 0.717) is 11.4 Å². The number of halogens is 2. The van der Waals surface area contributed by atoms with Crippen molar-refractivity contribution in [1.82, 2.24) is 0 Å². The van der Waals surface area contributed by atoms with Gasteiger partial charge in [0.25, 0.3) is 0 Å². The SMILES string of the molecule is O=C1Cc2cc(NCc3ccc(Br)s3)c(Cl)cc2N1. The Kier molecular flexibility index (Phi) is 3.52. The lowest BCUT2D eigenvalue weighted by Crippen LogP contribution is -2.03. The molecular formula is C13H10BrClN2OS. The van der Waals surface area contributed by atoms with Gasteiger partial charge in [0, 0.05) is 17.1 Å². The highest BCUT2D eigenvalue weighted by atomic mass is 79.9. The Bertz CT molecular complexity index is 656. The number of nitrogens with one attached hydrogen (secondary N) is 2. The van der Waals surface area contributed by atoms with E-state index in [9.17, 15) is 4.79 Å². The third-order valence-corrected chi connectivity index (χ3v) is 4.84. The minimum Gasteiger partial charge on any atom is -0.379 e. The summed E-state index contributed by atoms with van der Waals surface area (Å²) < 4.78 is 1.11. The van der Waals surface area contributed by atoms with Gasteiger partial charge in [-0.05, 0) is 45.8 Å². The molecule has 0 unspecified atom stereocenters. The summed E-state index contributed by atoms with van der Waals surface area (Å²) in [7, 11) is 0. The lowest BCUT2D eigenvalue weighted by atomic mass is 10.1. The van der Waals surface area contributed by atoms with Gasteiger partial charge in [-0.1, -0.05) is 11.6 Å². The molecule has 19 heavy (non-hydrogen) atoms. The largest absolute Gasteiger partial charge is 0.379 e. The van der Waals surface area contributed by atoms with E-state index in [1.54, 1.807) is 17.4 Å². The van der Waals surface area contributed by atoms with Gasteiger partial charge >= 0.3 is 0 Å². The summed E-state index contributed by atoms with van der Waals surface area (Å²) in [6.07, 6.45) is 0.422. The van der Waals surface area contributed by atoms with Gasteiger partial charge in [-0.3, -0.25) is 4.79 Å². The smallest absolute Gasteiger partial charge is 0.228 e. The van der Waals surface area contributed by atoms with Gasteiger partial charge in [0.15, 0.2) is 0 Å². The van der Waals surface area contributed by atoms with Gasteiger partial charge in [-0.25, -0.2) is 0 Å². The zero-order chi connectivity index (χ0) is 13.4. The highest BCUT2D eigenvalue weighted by Crippen LogP contribution is 2.33. The number of anilines is 2. The van der Waals surface area contributed by atoms with E-state index in [2.05, 4.69) is 32.6 Å². The Hall–Kier alpha value is -1.04. The molecule has 2 N–H and O–H groups in total. The van der Waals surface area contributed by atoms with Crippen LogP contribution in [0, 0.1) is 0 Å². The molecule has 3 nitrogen and oxygen atoms in total. The number of carbonyl (C=O) groups is 1. The van der Waals surface area contributed by atoms with Crippen molar-refractivity contribution < 1.29 is 4.79 Å². The molecule has 1 aliphatic heterocycles. The summed E-state index contributed by atoms with van der Waals surface area (Å²) in [6, 6.07) is 7.83. The molecule has 0 atom stereocenters. The number of hydrogen-bond acceptors (Lipinski definition) is 3. The number of amides is 1. The molecule has 2 aromatic rings. The van der Waals surface area contributed by atoms with Gasteiger partial charge in [-0.15, -0.1) is 11.3 Å². The first-order valence-electron chi connectivity index (χ1n) is 5.72. The summed E-state index contributed by atoms with van der Waals surface area (Å²) in [4.78, 5) is 12.5. The van der Waals surface area contributed by atoms with Crippen LogP contribution in [0.4, 0.5) is 11.4 Å². The topological polar surface area (TPSA) is 41.1 Å². The first-order valence-corrected chi connectivity index (χ1v) is 7.71. The molecule has 0 radical (unpaired) electrons. The van der Waals surface area contributed by atoms with Crippen LogP contribution >= 0.6 is 38.9 Å². The van der Waals surface area contributed by atoms with Gasteiger partial charge in [0.1, 0.15) is 0 Å². The average Bonchev–Trinajstić information content (AvgIpc) is 2.91. The van der Waals surface area contributed by atoms with Crippen LogP contribution in [0.2, 0.25) is 5.02 Å². The second kappa shape index (κ2) is 5.15. The molecule has 2 heterocycles. The minimum atomic E-state index is 0.0189. The van der Waals surface area contributed by atoms with Gasteiger partial charge in [-0.2, -0.15) is 0 Å². The number of benzene rings is 1. The van der Waals surface area contributed by atoms with Crippen molar-refractivity contribution in [1.29, 1.82) is 0 Å².